The third-order valence-corrected chi connectivity index (χ3v) is 3.26. The van der Waals surface area contributed by atoms with Crippen LogP contribution in [0.4, 0.5) is 0 Å². The summed E-state index contributed by atoms with van der Waals surface area (Å²) in [6.07, 6.45) is 5.26. The minimum absolute atomic E-state index is 0.111. The first-order valence-corrected chi connectivity index (χ1v) is 6.31. The van der Waals surface area contributed by atoms with Gasteiger partial charge in [-0.15, -0.1) is 0 Å². The third kappa shape index (κ3) is 3.56. The van der Waals surface area contributed by atoms with Gasteiger partial charge in [0.15, 0.2) is 5.78 Å². The van der Waals surface area contributed by atoms with Crippen molar-refractivity contribution in [2.45, 2.75) is 38.1 Å². The number of aromatic hydroxyl groups is 1. The van der Waals surface area contributed by atoms with Gasteiger partial charge in [0.2, 0.25) is 0 Å². The first kappa shape index (κ1) is 12.1. The molecular formula is C14H19NO2. The number of phenols is 1. The highest BCUT2D eigenvalue weighted by molar-refractivity contribution is 5.96. The summed E-state index contributed by atoms with van der Waals surface area (Å²) in [5.41, 5.74) is 0.607. The topological polar surface area (TPSA) is 49.3 Å². The average molecular weight is 233 g/mol. The van der Waals surface area contributed by atoms with Gasteiger partial charge in [0.05, 0.1) is 0 Å². The van der Waals surface area contributed by atoms with Crippen molar-refractivity contribution >= 4 is 5.78 Å². The molecule has 1 fully saturated rings. The van der Waals surface area contributed by atoms with Crippen LogP contribution in [-0.4, -0.2) is 23.5 Å². The lowest BCUT2D eigenvalue weighted by Gasteiger charge is -2.14. The van der Waals surface area contributed by atoms with Gasteiger partial charge >= 0.3 is 0 Å². The zero-order valence-corrected chi connectivity index (χ0v) is 9.98. The molecule has 2 N–H and O–H groups in total. The molecule has 3 heteroatoms. The van der Waals surface area contributed by atoms with Gasteiger partial charge in [0.1, 0.15) is 5.75 Å². The first-order valence-electron chi connectivity index (χ1n) is 6.31. The number of hydrogen-bond acceptors (Lipinski definition) is 3. The Balaban J connectivity index is 1.96. The molecule has 3 nitrogen and oxygen atoms in total. The van der Waals surface area contributed by atoms with E-state index in [0.29, 0.717) is 18.0 Å². The zero-order valence-electron chi connectivity index (χ0n) is 9.98. The van der Waals surface area contributed by atoms with E-state index in [1.165, 1.54) is 19.3 Å². The summed E-state index contributed by atoms with van der Waals surface area (Å²) in [5, 5.41) is 12.8. The summed E-state index contributed by atoms with van der Waals surface area (Å²) in [5.74, 6) is 0.268. The van der Waals surface area contributed by atoms with Crippen LogP contribution in [0.5, 0.6) is 5.75 Å². The van der Waals surface area contributed by atoms with Crippen LogP contribution in [0, 0.1) is 0 Å². The number of rotatable bonds is 3. The van der Waals surface area contributed by atoms with Crippen LogP contribution in [0.3, 0.4) is 0 Å². The SMILES string of the molecule is O=C(CC1CCCCCN1)c1cccc(O)c1. The van der Waals surface area contributed by atoms with Crippen molar-refractivity contribution in [2.75, 3.05) is 6.54 Å². The van der Waals surface area contributed by atoms with Crippen LogP contribution in [-0.2, 0) is 0 Å². The van der Waals surface area contributed by atoms with Crippen molar-refractivity contribution in [2.24, 2.45) is 0 Å². The van der Waals surface area contributed by atoms with E-state index in [9.17, 15) is 9.90 Å². The second kappa shape index (κ2) is 5.82. The molecule has 17 heavy (non-hydrogen) atoms. The Morgan fingerprint density at radius 1 is 1.35 bits per heavy atom. The largest absolute Gasteiger partial charge is 0.508 e. The van der Waals surface area contributed by atoms with Crippen LogP contribution < -0.4 is 5.32 Å². The molecule has 1 heterocycles. The molecule has 1 aromatic rings. The summed E-state index contributed by atoms with van der Waals surface area (Å²) < 4.78 is 0. The molecule has 0 spiro atoms. The Morgan fingerprint density at radius 2 is 2.24 bits per heavy atom. The second-order valence-electron chi connectivity index (χ2n) is 4.68. The van der Waals surface area contributed by atoms with Gasteiger partial charge in [-0.3, -0.25) is 4.79 Å². The maximum absolute atomic E-state index is 12.0. The molecular weight excluding hydrogens is 214 g/mol. The lowest BCUT2D eigenvalue weighted by atomic mass is 10.0. The number of carbonyl (C=O) groups is 1. The summed E-state index contributed by atoms with van der Waals surface area (Å²) in [4.78, 5) is 12.0. The molecule has 0 aliphatic carbocycles. The van der Waals surface area contributed by atoms with Crippen molar-refractivity contribution < 1.29 is 9.90 Å². The van der Waals surface area contributed by atoms with Crippen LogP contribution >= 0.6 is 0 Å². The number of carbonyl (C=O) groups excluding carboxylic acids is 1. The molecule has 0 bridgehead atoms. The Morgan fingerprint density at radius 3 is 3.06 bits per heavy atom. The van der Waals surface area contributed by atoms with Crippen LogP contribution in [0.2, 0.25) is 0 Å². The van der Waals surface area contributed by atoms with Gasteiger partial charge in [-0.25, -0.2) is 0 Å². The van der Waals surface area contributed by atoms with Gasteiger partial charge in [0.25, 0.3) is 0 Å². The molecule has 2 rings (SSSR count). The number of Topliss-reactive ketones (excluding diaryl/α,β-unsaturated/α-hetero) is 1. The standard InChI is InChI=1S/C14H19NO2/c16-13-7-4-5-11(9-13)14(17)10-12-6-2-1-3-8-15-12/h4-5,7,9,12,15-16H,1-3,6,8,10H2. The van der Waals surface area contributed by atoms with E-state index < -0.39 is 0 Å². The van der Waals surface area contributed by atoms with E-state index >= 15 is 0 Å². The molecule has 1 aliphatic heterocycles. The zero-order chi connectivity index (χ0) is 12.1. The maximum atomic E-state index is 12.0. The molecule has 1 aliphatic rings. The fraction of sp³-hybridized carbons (Fsp3) is 0.500. The number of ketones is 1. The molecule has 0 amide bonds. The van der Waals surface area contributed by atoms with Crippen LogP contribution in [0.25, 0.3) is 0 Å². The molecule has 0 aromatic heterocycles. The molecule has 1 aromatic carbocycles. The second-order valence-corrected chi connectivity index (χ2v) is 4.68. The highest BCUT2D eigenvalue weighted by Gasteiger charge is 2.16. The Hall–Kier alpha value is -1.35. The maximum Gasteiger partial charge on any atom is 0.164 e. The molecule has 1 atom stereocenters. The molecule has 0 radical (unpaired) electrons. The fourth-order valence-corrected chi connectivity index (χ4v) is 2.30. The minimum Gasteiger partial charge on any atom is -0.508 e. The quantitative estimate of drug-likeness (QED) is 0.789. The predicted molar refractivity (Wildman–Crippen MR) is 67.3 cm³/mol. The van der Waals surface area contributed by atoms with Gasteiger partial charge < -0.3 is 10.4 Å². The molecule has 1 unspecified atom stereocenters. The lowest BCUT2D eigenvalue weighted by Crippen LogP contribution is -2.30. The number of benzene rings is 1. The van der Waals surface area contributed by atoms with E-state index in [2.05, 4.69) is 5.32 Å². The van der Waals surface area contributed by atoms with Crippen molar-refractivity contribution in [3.8, 4) is 5.75 Å². The molecule has 0 saturated carbocycles. The number of nitrogens with one attached hydrogen (secondary N) is 1. The highest BCUT2D eigenvalue weighted by Crippen LogP contribution is 2.16. The van der Waals surface area contributed by atoms with Crippen molar-refractivity contribution in [3.63, 3.8) is 0 Å². The van der Waals surface area contributed by atoms with Crippen molar-refractivity contribution in [3.05, 3.63) is 29.8 Å². The normalized spacial score (nSPS) is 20.8. The Kier molecular flexibility index (Phi) is 4.15. The van der Waals surface area contributed by atoms with E-state index in [1.54, 1.807) is 24.3 Å². The predicted octanol–water partition coefficient (Wildman–Crippen LogP) is 2.50. The van der Waals surface area contributed by atoms with Gasteiger partial charge in [0, 0.05) is 18.0 Å². The summed E-state index contributed by atoms with van der Waals surface area (Å²) in [6, 6.07) is 6.90. The van der Waals surface area contributed by atoms with E-state index in [4.69, 9.17) is 0 Å². The van der Waals surface area contributed by atoms with Gasteiger partial charge in [-0.2, -0.15) is 0 Å². The number of phenolic OH excluding ortho intramolecular Hbond substituents is 1. The Bertz CT molecular complexity index is 382. The summed E-state index contributed by atoms with van der Waals surface area (Å²) in [6.45, 7) is 1.01. The molecule has 1 saturated heterocycles. The monoisotopic (exact) mass is 233 g/mol. The lowest BCUT2D eigenvalue weighted by molar-refractivity contribution is 0.0967. The van der Waals surface area contributed by atoms with Gasteiger partial charge in [-0.05, 0) is 31.5 Å². The molecule has 92 valence electrons. The van der Waals surface area contributed by atoms with Gasteiger partial charge in [-0.1, -0.05) is 25.0 Å². The van der Waals surface area contributed by atoms with E-state index in [1.807, 2.05) is 0 Å². The number of hydrogen-bond donors (Lipinski definition) is 2. The highest BCUT2D eigenvalue weighted by atomic mass is 16.3. The summed E-state index contributed by atoms with van der Waals surface area (Å²) >= 11 is 0. The van der Waals surface area contributed by atoms with Crippen LogP contribution in [0.1, 0.15) is 42.5 Å². The first-order chi connectivity index (χ1) is 8.25. The third-order valence-electron chi connectivity index (χ3n) is 3.26. The Labute approximate surface area is 102 Å². The smallest absolute Gasteiger partial charge is 0.164 e. The summed E-state index contributed by atoms with van der Waals surface area (Å²) in [7, 11) is 0. The van der Waals surface area contributed by atoms with Crippen molar-refractivity contribution in [1.82, 2.24) is 5.32 Å². The minimum atomic E-state index is 0.111. The van der Waals surface area contributed by atoms with Crippen molar-refractivity contribution in [1.29, 1.82) is 0 Å². The van der Waals surface area contributed by atoms with E-state index in [-0.39, 0.29) is 11.5 Å². The van der Waals surface area contributed by atoms with E-state index in [0.717, 1.165) is 13.0 Å². The fourth-order valence-electron chi connectivity index (χ4n) is 2.30. The average Bonchev–Trinajstić information content (AvgIpc) is 2.57. The van der Waals surface area contributed by atoms with Crippen LogP contribution in [0.15, 0.2) is 24.3 Å².